The number of pyridine rings is 2. The molecule has 0 radical (unpaired) electrons. The maximum atomic E-state index is 12.5. The van der Waals surface area contributed by atoms with Crippen LogP contribution in [-0.2, 0) is 0 Å². The third-order valence-electron chi connectivity index (χ3n) is 4.25. The Hall–Kier alpha value is -4.47. The molecule has 1 aliphatic heterocycles. The number of nitrogens with two attached hydrogens (primary N) is 2. The first-order valence-corrected chi connectivity index (χ1v) is 8.30. The molecule has 1 aliphatic rings. The number of ether oxygens (including phenoxy) is 1. The highest BCUT2D eigenvalue weighted by Crippen LogP contribution is 2.27. The van der Waals surface area contributed by atoms with Crippen molar-refractivity contribution in [2.75, 3.05) is 5.73 Å². The molecule has 0 unspecified atom stereocenters. The molecular formula is C19H13N5O5. The van der Waals surface area contributed by atoms with E-state index in [4.69, 9.17) is 16.2 Å². The number of imide groups is 1. The Morgan fingerprint density at radius 1 is 1.03 bits per heavy atom. The number of carbonyl (C=O) groups is 3. The van der Waals surface area contributed by atoms with Gasteiger partial charge in [-0.3, -0.25) is 34.0 Å². The number of benzene rings is 1. The van der Waals surface area contributed by atoms with Crippen molar-refractivity contribution in [3.05, 3.63) is 75.8 Å². The van der Waals surface area contributed by atoms with Gasteiger partial charge in [0.1, 0.15) is 23.0 Å². The van der Waals surface area contributed by atoms with Crippen LogP contribution in [0.5, 0.6) is 11.5 Å². The molecule has 29 heavy (non-hydrogen) atoms. The van der Waals surface area contributed by atoms with Gasteiger partial charge >= 0.3 is 0 Å². The summed E-state index contributed by atoms with van der Waals surface area (Å²) in [7, 11) is 0. The molecule has 0 atom stereocenters. The number of fused-ring (bicyclic) bond motifs is 1. The van der Waals surface area contributed by atoms with Crippen LogP contribution in [0.1, 0.15) is 31.2 Å². The summed E-state index contributed by atoms with van der Waals surface area (Å²) in [5.74, 6) is -1.55. The number of nitrogens with one attached hydrogen (secondary N) is 1. The highest BCUT2D eigenvalue weighted by Gasteiger charge is 2.31. The van der Waals surface area contributed by atoms with Gasteiger partial charge in [-0.25, -0.2) is 0 Å². The van der Waals surface area contributed by atoms with Gasteiger partial charge in [-0.2, -0.15) is 0 Å². The van der Waals surface area contributed by atoms with Crippen molar-refractivity contribution in [2.45, 2.75) is 0 Å². The normalized spacial score (nSPS) is 12.4. The lowest BCUT2D eigenvalue weighted by Crippen LogP contribution is -2.24. The van der Waals surface area contributed by atoms with E-state index >= 15 is 0 Å². The molecule has 10 heteroatoms. The second-order valence-corrected chi connectivity index (χ2v) is 6.12. The standard InChI is InChI=1S/C19H13N5O5/c20-16-15-12(18(27)23-19(15)28)8-14(25)24(16)9-2-1-3-10(6-9)29-11-4-5-22-13(7-11)17(21)26/h1-8H,20H2,(H2,21,26)(H,23,27,28). The minimum atomic E-state index is -0.700. The van der Waals surface area contributed by atoms with E-state index < -0.39 is 23.3 Å². The number of hydrogen-bond donors (Lipinski definition) is 3. The molecule has 4 rings (SSSR count). The third-order valence-corrected chi connectivity index (χ3v) is 4.25. The van der Waals surface area contributed by atoms with E-state index in [0.29, 0.717) is 17.2 Å². The van der Waals surface area contributed by atoms with Gasteiger partial charge in [-0.15, -0.1) is 0 Å². The van der Waals surface area contributed by atoms with Crippen LogP contribution in [0.2, 0.25) is 0 Å². The molecule has 2 aromatic heterocycles. The van der Waals surface area contributed by atoms with Gasteiger partial charge in [0, 0.05) is 24.4 Å². The second kappa shape index (κ2) is 6.60. The lowest BCUT2D eigenvalue weighted by molar-refractivity contribution is 0.0878. The lowest BCUT2D eigenvalue weighted by Gasteiger charge is -2.13. The highest BCUT2D eigenvalue weighted by molar-refractivity contribution is 6.23. The topological polar surface area (TPSA) is 159 Å². The van der Waals surface area contributed by atoms with Crippen molar-refractivity contribution in [3.63, 3.8) is 0 Å². The van der Waals surface area contributed by atoms with Crippen LogP contribution in [0, 0.1) is 0 Å². The van der Waals surface area contributed by atoms with Crippen LogP contribution >= 0.6 is 0 Å². The van der Waals surface area contributed by atoms with Crippen molar-refractivity contribution in [1.29, 1.82) is 0 Å². The molecule has 0 spiro atoms. The summed E-state index contributed by atoms with van der Waals surface area (Å²) in [5.41, 5.74) is 10.9. The monoisotopic (exact) mass is 391 g/mol. The lowest BCUT2D eigenvalue weighted by atomic mass is 10.1. The molecule has 3 heterocycles. The molecule has 0 saturated heterocycles. The number of amides is 3. The summed E-state index contributed by atoms with van der Waals surface area (Å²) >= 11 is 0. The van der Waals surface area contributed by atoms with E-state index in [0.717, 1.165) is 10.6 Å². The zero-order valence-corrected chi connectivity index (χ0v) is 14.7. The number of aromatic nitrogens is 2. The van der Waals surface area contributed by atoms with Gasteiger partial charge in [0.05, 0.1) is 16.8 Å². The van der Waals surface area contributed by atoms with E-state index in [1.807, 2.05) is 0 Å². The van der Waals surface area contributed by atoms with E-state index in [9.17, 15) is 19.2 Å². The summed E-state index contributed by atoms with van der Waals surface area (Å²) in [6, 6.07) is 10.3. The number of nitrogen functional groups attached to an aromatic ring is 1. The predicted octanol–water partition coefficient (Wildman–Crippen LogP) is 0.589. The molecule has 3 amide bonds. The predicted molar refractivity (Wildman–Crippen MR) is 101 cm³/mol. The molecule has 144 valence electrons. The van der Waals surface area contributed by atoms with Crippen LogP contribution in [0.25, 0.3) is 5.69 Å². The van der Waals surface area contributed by atoms with Gasteiger partial charge in [0.2, 0.25) is 0 Å². The van der Waals surface area contributed by atoms with Crippen LogP contribution in [0.4, 0.5) is 5.82 Å². The molecule has 0 fully saturated rings. The number of rotatable bonds is 4. The maximum Gasteiger partial charge on any atom is 0.267 e. The SMILES string of the molecule is NC(=O)c1cc(Oc2cccc(-n3c(N)c4c(cc3=O)C(=O)NC4=O)c2)ccn1. The number of nitrogens with zero attached hydrogens (tertiary/aromatic N) is 2. The van der Waals surface area contributed by atoms with Gasteiger partial charge in [-0.05, 0) is 18.2 Å². The fourth-order valence-electron chi connectivity index (χ4n) is 2.98. The van der Waals surface area contributed by atoms with E-state index in [1.165, 1.54) is 24.4 Å². The minimum Gasteiger partial charge on any atom is -0.457 e. The number of hydrogen-bond acceptors (Lipinski definition) is 7. The van der Waals surface area contributed by atoms with E-state index in [-0.39, 0.29) is 22.6 Å². The summed E-state index contributed by atoms with van der Waals surface area (Å²) in [4.78, 5) is 51.4. The van der Waals surface area contributed by atoms with Crippen molar-refractivity contribution >= 4 is 23.5 Å². The Balaban J connectivity index is 1.76. The van der Waals surface area contributed by atoms with Crippen molar-refractivity contribution in [2.24, 2.45) is 5.73 Å². The first-order valence-electron chi connectivity index (χ1n) is 8.30. The zero-order chi connectivity index (χ0) is 20.7. The van der Waals surface area contributed by atoms with Crippen LogP contribution < -0.4 is 27.1 Å². The average Bonchev–Trinajstić information content (AvgIpc) is 2.96. The molecule has 1 aromatic carbocycles. The van der Waals surface area contributed by atoms with Gasteiger partial charge < -0.3 is 16.2 Å². The fraction of sp³-hybridized carbons (Fsp3) is 0. The zero-order valence-electron chi connectivity index (χ0n) is 14.7. The van der Waals surface area contributed by atoms with Crippen molar-refractivity contribution in [3.8, 4) is 17.2 Å². The quantitative estimate of drug-likeness (QED) is 0.549. The van der Waals surface area contributed by atoms with Crippen molar-refractivity contribution in [1.82, 2.24) is 14.9 Å². The third kappa shape index (κ3) is 3.08. The van der Waals surface area contributed by atoms with Crippen LogP contribution in [0.15, 0.2) is 53.5 Å². The summed E-state index contributed by atoms with van der Waals surface area (Å²) < 4.78 is 6.81. The molecule has 0 saturated carbocycles. The number of primary amides is 1. The minimum absolute atomic E-state index is 0.0356. The molecule has 0 aliphatic carbocycles. The summed E-state index contributed by atoms with van der Waals surface area (Å²) in [5, 5.41) is 2.11. The Bertz CT molecular complexity index is 1260. The first kappa shape index (κ1) is 17.9. The van der Waals surface area contributed by atoms with E-state index in [2.05, 4.69) is 10.3 Å². The Labute approximate surface area is 162 Å². The van der Waals surface area contributed by atoms with Crippen LogP contribution in [-0.4, -0.2) is 27.3 Å². The smallest absolute Gasteiger partial charge is 0.267 e. The number of anilines is 1. The Kier molecular flexibility index (Phi) is 4.08. The van der Waals surface area contributed by atoms with Gasteiger partial charge in [0.25, 0.3) is 23.3 Å². The van der Waals surface area contributed by atoms with Gasteiger partial charge in [0.15, 0.2) is 0 Å². The molecule has 10 nitrogen and oxygen atoms in total. The Morgan fingerprint density at radius 3 is 2.55 bits per heavy atom. The summed E-state index contributed by atoms with van der Waals surface area (Å²) in [6.45, 7) is 0. The number of carbonyl (C=O) groups excluding carboxylic acids is 3. The molecule has 0 bridgehead atoms. The van der Waals surface area contributed by atoms with Crippen LogP contribution in [0.3, 0.4) is 0 Å². The molecule has 3 aromatic rings. The molecular weight excluding hydrogens is 378 g/mol. The molecule has 5 N–H and O–H groups in total. The van der Waals surface area contributed by atoms with Crippen molar-refractivity contribution < 1.29 is 19.1 Å². The largest absolute Gasteiger partial charge is 0.457 e. The highest BCUT2D eigenvalue weighted by atomic mass is 16.5. The average molecular weight is 391 g/mol. The van der Waals surface area contributed by atoms with E-state index in [1.54, 1.807) is 18.2 Å². The fourth-order valence-corrected chi connectivity index (χ4v) is 2.98. The van der Waals surface area contributed by atoms with Gasteiger partial charge in [-0.1, -0.05) is 6.07 Å². The summed E-state index contributed by atoms with van der Waals surface area (Å²) in [6.07, 6.45) is 1.37. The second-order valence-electron chi connectivity index (χ2n) is 6.12. The maximum absolute atomic E-state index is 12.5. The Morgan fingerprint density at radius 2 is 1.79 bits per heavy atom. The first-order chi connectivity index (χ1) is 13.8.